The molecule has 0 radical (unpaired) electrons. The topological polar surface area (TPSA) is 20.2 Å². The van der Waals surface area contributed by atoms with E-state index in [-0.39, 0.29) is 0 Å². The number of aliphatic hydroxyl groups is 1. The smallest absolute Gasteiger partial charge is 0.0923 e. The second-order valence-corrected chi connectivity index (χ2v) is 7.64. The first-order valence-corrected chi connectivity index (χ1v) is 8.59. The summed E-state index contributed by atoms with van der Waals surface area (Å²) >= 11 is 12.9. The van der Waals surface area contributed by atoms with Crippen molar-refractivity contribution in [2.24, 2.45) is 0 Å². The number of aliphatic hydroxyl groups excluding tert-OH is 1. The minimum atomic E-state index is -0.497. The molecule has 2 heterocycles. The molecule has 3 rings (SSSR count). The van der Waals surface area contributed by atoms with E-state index in [2.05, 4.69) is 33.4 Å². The van der Waals surface area contributed by atoms with Gasteiger partial charge >= 0.3 is 0 Å². The molecule has 0 aliphatic carbocycles. The zero-order chi connectivity index (χ0) is 13.4. The van der Waals surface area contributed by atoms with Crippen LogP contribution in [0.2, 0.25) is 5.02 Å². The number of fused-ring (bicyclic) bond motifs is 1. The Bertz CT molecular complexity index is 691. The summed E-state index contributed by atoms with van der Waals surface area (Å²) in [6.07, 6.45) is 0.0446. The molecule has 2 aromatic heterocycles. The molecule has 0 aliphatic heterocycles. The van der Waals surface area contributed by atoms with Crippen LogP contribution in [0.25, 0.3) is 9.40 Å². The van der Waals surface area contributed by atoms with Crippen molar-refractivity contribution >= 4 is 59.6 Å². The van der Waals surface area contributed by atoms with Crippen molar-refractivity contribution in [3.8, 4) is 0 Å². The Hall–Kier alpha value is -0.390. The predicted octanol–water partition coefficient (Wildman–Crippen LogP) is 5.65. The van der Waals surface area contributed by atoms with Gasteiger partial charge in [0.1, 0.15) is 0 Å². The predicted molar refractivity (Wildman–Crippen MR) is 87.5 cm³/mol. The third-order valence-corrected chi connectivity index (χ3v) is 5.95. The van der Waals surface area contributed by atoms with Crippen LogP contribution >= 0.6 is 50.2 Å². The van der Waals surface area contributed by atoms with Gasteiger partial charge in [-0.1, -0.05) is 33.6 Å². The highest BCUT2D eigenvalue weighted by Gasteiger charge is 2.14. The van der Waals surface area contributed by atoms with Crippen LogP contribution in [0.4, 0.5) is 0 Å². The van der Waals surface area contributed by atoms with Crippen LogP contribution in [-0.4, -0.2) is 5.11 Å². The molecule has 1 atom stereocenters. The summed E-state index contributed by atoms with van der Waals surface area (Å²) in [7, 11) is 0. The van der Waals surface area contributed by atoms with Crippen LogP contribution in [0.3, 0.4) is 0 Å². The summed E-state index contributed by atoms with van der Waals surface area (Å²) in [5.74, 6) is 0. The molecule has 98 valence electrons. The van der Waals surface area contributed by atoms with Crippen molar-refractivity contribution in [2.75, 3.05) is 0 Å². The number of hydrogen-bond acceptors (Lipinski definition) is 3. The van der Waals surface area contributed by atoms with Gasteiger partial charge in [-0.05, 0) is 35.2 Å². The van der Waals surface area contributed by atoms with Gasteiger partial charge in [-0.3, -0.25) is 0 Å². The highest BCUT2D eigenvalue weighted by atomic mass is 79.9. The van der Waals surface area contributed by atoms with Crippen LogP contribution in [0.15, 0.2) is 40.2 Å². The van der Waals surface area contributed by atoms with Crippen molar-refractivity contribution < 1.29 is 5.11 Å². The van der Waals surface area contributed by atoms with E-state index in [1.807, 2.05) is 18.2 Å². The number of benzene rings is 1. The van der Waals surface area contributed by atoms with Gasteiger partial charge in [0.15, 0.2) is 0 Å². The summed E-state index contributed by atoms with van der Waals surface area (Å²) in [5.41, 5.74) is 0.967. The van der Waals surface area contributed by atoms with Crippen molar-refractivity contribution in [1.82, 2.24) is 0 Å². The summed E-state index contributed by atoms with van der Waals surface area (Å²) < 4.78 is 3.43. The van der Waals surface area contributed by atoms with Crippen molar-refractivity contribution in [2.45, 2.75) is 12.5 Å². The van der Waals surface area contributed by atoms with Crippen molar-refractivity contribution in [1.29, 1.82) is 0 Å². The lowest BCUT2D eigenvalue weighted by molar-refractivity contribution is 0.182. The van der Waals surface area contributed by atoms with Gasteiger partial charge in [-0.2, -0.15) is 0 Å². The molecular weight excluding hydrogens is 364 g/mol. The van der Waals surface area contributed by atoms with Crippen LogP contribution in [0, 0.1) is 0 Å². The van der Waals surface area contributed by atoms with Gasteiger partial charge in [0.2, 0.25) is 0 Å². The molecule has 0 bridgehead atoms. The quantitative estimate of drug-likeness (QED) is 0.628. The number of halogens is 2. The fourth-order valence-electron chi connectivity index (χ4n) is 1.94. The van der Waals surface area contributed by atoms with Crippen molar-refractivity contribution in [3.63, 3.8) is 0 Å². The van der Waals surface area contributed by atoms with Gasteiger partial charge in [-0.15, -0.1) is 22.7 Å². The maximum Gasteiger partial charge on any atom is 0.0923 e. The highest BCUT2D eigenvalue weighted by Crippen LogP contribution is 2.35. The molecule has 1 aromatic carbocycles. The summed E-state index contributed by atoms with van der Waals surface area (Å²) in [6.45, 7) is 0. The van der Waals surface area contributed by atoms with Crippen LogP contribution < -0.4 is 0 Å². The molecule has 5 heteroatoms. The Balaban J connectivity index is 1.84. The lowest BCUT2D eigenvalue weighted by Gasteiger charge is -2.10. The minimum absolute atomic E-state index is 0.497. The lowest BCUT2D eigenvalue weighted by Crippen LogP contribution is -2.00. The summed E-state index contributed by atoms with van der Waals surface area (Å²) in [5, 5.41) is 13.1. The second-order valence-electron chi connectivity index (χ2n) is 4.25. The van der Waals surface area contributed by atoms with Crippen LogP contribution in [0.1, 0.15) is 16.5 Å². The average molecular weight is 374 g/mol. The molecule has 0 saturated heterocycles. The number of hydrogen-bond donors (Lipinski definition) is 1. The molecule has 0 aliphatic rings. The molecule has 1 unspecified atom stereocenters. The van der Waals surface area contributed by atoms with E-state index < -0.39 is 6.10 Å². The molecular formula is C14H10BrClOS2. The van der Waals surface area contributed by atoms with E-state index in [1.165, 1.54) is 9.40 Å². The maximum atomic E-state index is 10.3. The van der Waals surface area contributed by atoms with Crippen LogP contribution in [0.5, 0.6) is 0 Å². The highest BCUT2D eigenvalue weighted by molar-refractivity contribution is 9.10. The zero-order valence-corrected chi connectivity index (χ0v) is 13.7. The molecule has 1 nitrogen and oxygen atoms in total. The van der Waals surface area contributed by atoms with E-state index in [4.69, 9.17) is 11.6 Å². The van der Waals surface area contributed by atoms with Crippen LogP contribution in [-0.2, 0) is 6.42 Å². The largest absolute Gasteiger partial charge is 0.387 e. The van der Waals surface area contributed by atoms with Gasteiger partial charge in [0, 0.05) is 30.2 Å². The van der Waals surface area contributed by atoms with E-state index in [9.17, 15) is 5.11 Å². The van der Waals surface area contributed by atoms with E-state index >= 15 is 0 Å². The Labute approximate surface area is 132 Å². The standard InChI is InChI=1S/C14H10BrClOS2/c15-9-2-1-8(10(16)6-9)5-11(17)13-7-14-12(19-13)3-4-18-14/h1-4,6-7,11,17H,5H2. The lowest BCUT2D eigenvalue weighted by atomic mass is 10.1. The zero-order valence-electron chi connectivity index (χ0n) is 9.77. The van der Waals surface area contributed by atoms with E-state index in [1.54, 1.807) is 22.7 Å². The first-order chi connectivity index (χ1) is 9.13. The molecule has 0 fully saturated rings. The Morgan fingerprint density at radius 1 is 1.21 bits per heavy atom. The Morgan fingerprint density at radius 3 is 2.79 bits per heavy atom. The monoisotopic (exact) mass is 372 g/mol. The fraction of sp³-hybridized carbons (Fsp3) is 0.143. The minimum Gasteiger partial charge on any atom is -0.387 e. The van der Waals surface area contributed by atoms with Gasteiger partial charge in [-0.25, -0.2) is 0 Å². The number of thiophene rings is 2. The Morgan fingerprint density at radius 2 is 2.05 bits per heavy atom. The molecule has 1 N–H and O–H groups in total. The SMILES string of the molecule is OC(Cc1ccc(Br)cc1Cl)c1cc2sccc2s1. The summed E-state index contributed by atoms with van der Waals surface area (Å²) in [4.78, 5) is 1.00. The van der Waals surface area contributed by atoms with E-state index in [0.717, 1.165) is 14.9 Å². The first-order valence-electron chi connectivity index (χ1n) is 5.72. The average Bonchev–Trinajstić information content (AvgIpc) is 2.93. The molecule has 3 aromatic rings. The molecule has 0 amide bonds. The molecule has 0 spiro atoms. The fourth-order valence-corrected chi connectivity index (χ4v) is 4.80. The van der Waals surface area contributed by atoms with Crippen molar-refractivity contribution in [3.05, 3.63) is 55.6 Å². The number of rotatable bonds is 3. The maximum absolute atomic E-state index is 10.3. The third kappa shape index (κ3) is 2.88. The molecule has 19 heavy (non-hydrogen) atoms. The molecule has 0 saturated carbocycles. The third-order valence-electron chi connectivity index (χ3n) is 2.92. The second kappa shape index (κ2) is 5.54. The van der Waals surface area contributed by atoms with E-state index in [0.29, 0.717) is 11.4 Å². The normalized spacial score (nSPS) is 13.0. The van der Waals surface area contributed by atoms with Gasteiger partial charge in [0.05, 0.1) is 6.10 Å². The van der Waals surface area contributed by atoms with Gasteiger partial charge in [0.25, 0.3) is 0 Å². The Kier molecular flexibility index (Phi) is 3.96. The summed E-state index contributed by atoms with van der Waals surface area (Å²) in [6, 6.07) is 9.92. The van der Waals surface area contributed by atoms with Gasteiger partial charge < -0.3 is 5.11 Å². The first kappa shape index (κ1) is 13.6.